The summed E-state index contributed by atoms with van der Waals surface area (Å²) >= 11 is 0. The zero-order chi connectivity index (χ0) is 14.7. The zero-order valence-electron chi connectivity index (χ0n) is 12.6. The van der Waals surface area contributed by atoms with Crippen LogP contribution < -0.4 is 0 Å². The minimum absolute atomic E-state index is 0.0311. The van der Waals surface area contributed by atoms with Gasteiger partial charge in [-0.15, -0.1) is 0 Å². The Labute approximate surface area is 126 Å². The number of fused-ring (bicyclic) bond motifs is 1. The van der Waals surface area contributed by atoms with Crippen LogP contribution in [0.3, 0.4) is 0 Å². The van der Waals surface area contributed by atoms with E-state index in [4.69, 9.17) is 9.47 Å². The van der Waals surface area contributed by atoms with Crippen molar-refractivity contribution in [1.29, 1.82) is 0 Å². The highest BCUT2D eigenvalue weighted by atomic mass is 16.5. The Morgan fingerprint density at radius 3 is 3.00 bits per heavy atom. The summed E-state index contributed by atoms with van der Waals surface area (Å²) in [5, 5.41) is 0. The Bertz CT molecular complexity index is 490. The standard InChI is InChI=1S/C17H23NO3/c1-2-20-16(19)17-9-11-21-15(17)8-10-18(13-17)12-14-6-4-3-5-7-14/h3-7,15H,2,8-13H2,1H3/t15-,17+/m0/s1. The summed E-state index contributed by atoms with van der Waals surface area (Å²) in [7, 11) is 0. The molecule has 0 N–H and O–H groups in total. The van der Waals surface area contributed by atoms with Gasteiger partial charge in [0.2, 0.25) is 0 Å². The first-order valence-corrected chi connectivity index (χ1v) is 7.80. The van der Waals surface area contributed by atoms with Crippen LogP contribution in [0.15, 0.2) is 30.3 Å². The van der Waals surface area contributed by atoms with Crippen LogP contribution in [0.25, 0.3) is 0 Å². The minimum atomic E-state index is -0.455. The lowest BCUT2D eigenvalue weighted by Gasteiger charge is -2.41. The molecule has 0 aliphatic carbocycles. The molecule has 114 valence electrons. The Morgan fingerprint density at radius 1 is 1.43 bits per heavy atom. The lowest BCUT2D eigenvalue weighted by atomic mass is 9.76. The van der Waals surface area contributed by atoms with Gasteiger partial charge in [0.05, 0.1) is 12.7 Å². The molecule has 0 bridgehead atoms. The summed E-state index contributed by atoms with van der Waals surface area (Å²) < 4.78 is 11.1. The van der Waals surface area contributed by atoms with Crippen molar-refractivity contribution in [3.8, 4) is 0 Å². The summed E-state index contributed by atoms with van der Waals surface area (Å²) in [5.74, 6) is -0.0785. The molecule has 2 fully saturated rings. The number of piperidine rings is 1. The average molecular weight is 289 g/mol. The predicted octanol–water partition coefficient (Wildman–Crippen LogP) is 2.23. The molecule has 1 aromatic carbocycles. The Balaban J connectivity index is 1.74. The van der Waals surface area contributed by atoms with Crippen molar-refractivity contribution in [3.63, 3.8) is 0 Å². The third kappa shape index (κ3) is 2.83. The first-order chi connectivity index (χ1) is 10.2. The second-order valence-corrected chi connectivity index (χ2v) is 5.97. The summed E-state index contributed by atoms with van der Waals surface area (Å²) in [6, 6.07) is 10.4. The summed E-state index contributed by atoms with van der Waals surface area (Å²) in [6.07, 6.45) is 1.72. The van der Waals surface area contributed by atoms with Crippen LogP contribution in [0.1, 0.15) is 25.3 Å². The van der Waals surface area contributed by atoms with Crippen molar-refractivity contribution in [2.24, 2.45) is 5.41 Å². The van der Waals surface area contributed by atoms with Crippen molar-refractivity contribution >= 4 is 5.97 Å². The number of carbonyl (C=O) groups is 1. The van der Waals surface area contributed by atoms with E-state index in [1.807, 2.05) is 13.0 Å². The molecule has 2 atom stereocenters. The number of nitrogens with zero attached hydrogens (tertiary/aromatic N) is 1. The number of likely N-dealkylation sites (tertiary alicyclic amines) is 1. The number of esters is 1. The molecule has 4 heteroatoms. The highest BCUT2D eigenvalue weighted by Gasteiger charge is 2.54. The molecule has 2 aliphatic rings. The maximum absolute atomic E-state index is 12.5. The maximum Gasteiger partial charge on any atom is 0.316 e. The van der Waals surface area contributed by atoms with Gasteiger partial charge >= 0.3 is 5.97 Å². The highest BCUT2D eigenvalue weighted by molar-refractivity contribution is 5.78. The zero-order valence-corrected chi connectivity index (χ0v) is 12.6. The van der Waals surface area contributed by atoms with Crippen LogP contribution in [0, 0.1) is 5.41 Å². The van der Waals surface area contributed by atoms with E-state index in [1.54, 1.807) is 0 Å². The molecule has 21 heavy (non-hydrogen) atoms. The fourth-order valence-electron chi connectivity index (χ4n) is 3.57. The average Bonchev–Trinajstić information content (AvgIpc) is 2.93. The monoisotopic (exact) mass is 289 g/mol. The van der Waals surface area contributed by atoms with E-state index in [2.05, 4.69) is 29.2 Å². The van der Waals surface area contributed by atoms with Gasteiger partial charge in [0.15, 0.2) is 0 Å². The molecule has 0 saturated carbocycles. The van der Waals surface area contributed by atoms with Gasteiger partial charge in [0.1, 0.15) is 5.41 Å². The van der Waals surface area contributed by atoms with Gasteiger partial charge in [-0.2, -0.15) is 0 Å². The van der Waals surface area contributed by atoms with E-state index < -0.39 is 5.41 Å². The largest absolute Gasteiger partial charge is 0.465 e. The van der Waals surface area contributed by atoms with Crippen molar-refractivity contribution in [1.82, 2.24) is 4.90 Å². The SMILES string of the molecule is CCOC(=O)[C@@]12CCO[C@H]1CCN(Cc1ccccc1)C2. The summed E-state index contributed by atoms with van der Waals surface area (Å²) in [5.41, 5.74) is 0.831. The summed E-state index contributed by atoms with van der Waals surface area (Å²) in [4.78, 5) is 14.8. The first kappa shape index (κ1) is 14.5. The molecule has 0 spiro atoms. The van der Waals surface area contributed by atoms with Gasteiger partial charge in [-0.3, -0.25) is 9.69 Å². The fraction of sp³-hybridized carbons (Fsp3) is 0.588. The third-order valence-electron chi connectivity index (χ3n) is 4.63. The van der Waals surface area contributed by atoms with E-state index in [1.165, 1.54) is 5.56 Å². The normalized spacial score (nSPS) is 29.1. The van der Waals surface area contributed by atoms with Crippen molar-refractivity contribution in [3.05, 3.63) is 35.9 Å². The molecule has 2 heterocycles. The van der Waals surface area contributed by atoms with Crippen LogP contribution >= 0.6 is 0 Å². The molecule has 1 aromatic rings. The van der Waals surface area contributed by atoms with Gasteiger partial charge in [0.25, 0.3) is 0 Å². The number of rotatable bonds is 4. The topological polar surface area (TPSA) is 38.8 Å². The fourth-order valence-corrected chi connectivity index (χ4v) is 3.57. The Hall–Kier alpha value is -1.39. The van der Waals surface area contributed by atoms with Crippen molar-refractivity contribution in [2.45, 2.75) is 32.4 Å². The predicted molar refractivity (Wildman–Crippen MR) is 79.8 cm³/mol. The molecule has 0 unspecified atom stereocenters. The Kier molecular flexibility index (Phi) is 4.27. The van der Waals surface area contributed by atoms with Crippen LogP contribution in [-0.2, 0) is 20.8 Å². The molecular weight excluding hydrogens is 266 g/mol. The lowest BCUT2D eigenvalue weighted by molar-refractivity contribution is -0.164. The van der Waals surface area contributed by atoms with Crippen molar-refractivity contribution in [2.75, 3.05) is 26.3 Å². The first-order valence-electron chi connectivity index (χ1n) is 7.80. The number of ether oxygens (including phenoxy) is 2. The number of benzene rings is 1. The molecule has 3 rings (SSSR count). The van der Waals surface area contributed by atoms with Crippen LogP contribution in [-0.4, -0.2) is 43.3 Å². The van der Waals surface area contributed by atoms with Gasteiger partial charge in [-0.05, 0) is 25.3 Å². The number of hydrogen-bond donors (Lipinski definition) is 0. The maximum atomic E-state index is 12.5. The molecular formula is C17H23NO3. The van der Waals surface area contributed by atoms with Gasteiger partial charge in [-0.25, -0.2) is 0 Å². The molecule has 0 radical (unpaired) electrons. The Morgan fingerprint density at radius 2 is 2.24 bits per heavy atom. The quantitative estimate of drug-likeness (QED) is 0.797. The lowest BCUT2D eigenvalue weighted by Crippen LogP contribution is -2.54. The molecule has 0 aromatic heterocycles. The second-order valence-electron chi connectivity index (χ2n) is 5.97. The van der Waals surface area contributed by atoms with E-state index in [-0.39, 0.29) is 12.1 Å². The minimum Gasteiger partial charge on any atom is -0.465 e. The van der Waals surface area contributed by atoms with E-state index in [0.717, 1.165) is 32.5 Å². The molecule has 2 aliphatic heterocycles. The van der Waals surface area contributed by atoms with Crippen LogP contribution in [0.2, 0.25) is 0 Å². The second kappa shape index (κ2) is 6.16. The number of carbonyl (C=O) groups excluding carboxylic acids is 1. The highest BCUT2D eigenvalue weighted by Crippen LogP contribution is 2.42. The number of hydrogen-bond acceptors (Lipinski definition) is 4. The van der Waals surface area contributed by atoms with Gasteiger partial charge in [0, 0.05) is 26.2 Å². The van der Waals surface area contributed by atoms with Crippen LogP contribution in [0.4, 0.5) is 0 Å². The van der Waals surface area contributed by atoms with Gasteiger partial charge in [-0.1, -0.05) is 30.3 Å². The van der Waals surface area contributed by atoms with Crippen LogP contribution in [0.5, 0.6) is 0 Å². The summed E-state index contributed by atoms with van der Waals surface area (Å²) in [6.45, 7) is 5.57. The van der Waals surface area contributed by atoms with E-state index >= 15 is 0 Å². The van der Waals surface area contributed by atoms with E-state index in [0.29, 0.717) is 13.2 Å². The molecule has 2 saturated heterocycles. The third-order valence-corrected chi connectivity index (χ3v) is 4.63. The molecule has 0 amide bonds. The van der Waals surface area contributed by atoms with Gasteiger partial charge < -0.3 is 9.47 Å². The molecule has 4 nitrogen and oxygen atoms in total. The smallest absolute Gasteiger partial charge is 0.316 e. The van der Waals surface area contributed by atoms with Crippen molar-refractivity contribution < 1.29 is 14.3 Å². The van der Waals surface area contributed by atoms with E-state index in [9.17, 15) is 4.79 Å².